The molecule has 140 valence electrons. The van der Waals surface area contributed by atoms with Crippen molar-refractivity contribution < 1.29 is 4.79 Å². The number of carbonyl (C=O) groups is 1. The van der Waals surface area contributed by atoms with E-state index in [0.717, 1.165) is 22.4 Å². The second-order valence-electron chi connectivity index (χ2n) is 6.97. The van der Waals surface area contributed by atoms with Crippen molar-refractivity contribution in [3.05, 3.63) is 82.7 Å². The Hall–Kier alpha value is -3.54. The first-order valence-electron chi connectivity index (χ1n) is 9.15. The van der Waals surface area contributed by atoms with Crippen molar-refractivity contribution in [1.82, 2.24) is 25.1 Å². The predicted octanol–water partition coefficient (Wildman–Crippen LogP) is 3.65. The average molecular weight is 371 g/mol. The number of rotatable bonds is 4. The number of aromatic nitrogens is 4. The van der Waals surface area contributed by atoms with Crippen LogP contribution in [-0.2, 0) is 6.54 Å². The van der Waals surface area contributed by atoms with Gasteiger partial charge in [0.25, 0.3) is 5.91 Å². The number of carbonyl (C=O) groups excluding carboxylic acids is 1. The number of benzene rings is 2. The summed E-state index contributed by atoms with van der Waals surface area (Å²) in [6.07, 6.45) is 0. The largest absolute Gasteiger partial charge is 0.345 e. The van der Waals surface area contributed by atoms with Gasteiger partial charge in [-0.15, -0.1) is 10.2 Å². The normalized spacial score (nSPS) is 11.0. The van der Waals surface area contributed by atoms with Crippen LogP contribution in [-0.4, -0.2) is 25.7 Å². The third kappa shape index (κ3) is 3.49. The second-order valence-corrected chi connectivity index (χ2v) is 6.97. The van der Waals surface area contributed by atoms with Gasteiger partial charge in [-0.05, 0) is 44.5 Å². The molecule has 2 heterocycles. The van der Waals surface area contributed by atoms with E-state index in [1.165, 1.54) is 5.56 Å². The molecular formula is C22H21N5O. The standard InChI is InChI=1S/C22H21N5O/c1-14-4-7-17(8-5-14)19-10-11-20-24-25-21(27(20)26-19)13-23-22(28)18-9-6-15(2)12-16(18)3/h4-12H,13H2,1-3H3,(H,23,28). The van der Waals surface area contributed by atoms with E-state index < -0.39 is 0 Å². The number of aryl methyl sites for hydroxylation is 3. The molecule has 0 atom stereocenters. The molecule has 1 N–H and O–H groups in total. The van der Waals surface area contributed by atoms with Gasteiger partial charge >= 0.3 is 0 Å². The minimum absolute atomic E-state index is 0.135. The van der Waals surface area contributed by atoms with E-state index in [1.54, 1.807) is 4.52 Å². The zero-order valence-electron chi connectivity index (χ0n) is 16.1. The van der Waals surface area contributed by atoms with Crippen LogP contribution in [0, 0.1) is 20.8 Å². The molecule has 0 aliphatic carbocycles. The van der Waals surface area contributed by atoms with E-state index in [9.17, 15) is 4.79 Å². The molecule has 0 fully saturated rings. The fraction of sp³-hybridized carbons (Fsp3) is 0.182. The zero-order valence-corrected chi connectivity index (χ0v) is 16.1. The summed E-state index contributed by atoms with van der Waals surface area (Å²) in [7, 11) is 0. The van der Waals surface area contributed by atoms with Crippen molar-refractivity contribution in [3.8, 4) is 11.3 Å². The van der Waals surface area contributed by atoms with Crippen LogP contribution in [0.1, 0.15) is 32.9 Å². The fourth-order valence-corrected chi connectivity index (χ4v) is 3.14. The molecule has 0 saturated heterocycles. The zero-order chi connectivity index (χ0) is 19.7. The molecule has 0 spiro atoms. The van der Waals surface area contributed by atoms with Gasteiger partial charge in [0.1, 0.15) is 0 Å². The summed E-state index contributed by atoms with van der Waals surface area (Å²) in [5.41, 5.74) is 6.43. The summed E-state index contributed by atoms with van der Waals surface area (Å²) >= 11 is 0. The highest BCUT2D eigenvalue weighted by atomic mass is 16.1. The Morgan fingerprint density at radius 3 is 2.43 bits per heavy atom. The molecule has 1 amide bonds. The Kier molecular flexibility index (Phi) is 4.61. The van der Waals surface area contributed by atoms with Gasteiger partial charge in [-0.1, -0.05) is 47.5 Å². The molecule has 2 aromatic carbocycles. The van der Waals surface area contributed by atoms with Crippen molar-refractivity contribution in [1.29, 1.82) is 0 Å². The quantitative estimate of drug-likeness (QED) is 0.594. The van der Waals surface area contributed by atoms with Gasteiger partial charge in [-0.3, -0.25) is 4.79 Å². The molecule has 0 radical (unpaired) electrons. The Morgan fingerprint density at radius 1 is 0.929 bits per heavy atom. The van der Waals surface area contributed by atoms with Crippen LogP contribution in [0.15, 0.2) is 54.6 Å². The highest BCUT2D eigenvalue weighted by Crippen LogP contribution is 2.18. The molecule has 6 nitrogen and oxygen atoms in total. The van der Waals surface area contributed by atoms with E-state index in [-0.39, 0.29) is 12.5 Å². The Labute approximate surface area is 163 Å². The van der Waals surface area contributed by atoms with Crippen molar-refractivity contribution in [2.75, 3.05) is 0 Å². The monoisotopic (exact) mass is 371 g/mol. The van der Waals surface area contributed by atoms with Crippen molar-refractivity contribution in [2.45, 2.75) is 27.3 Å². The molecule has 4 aromatic rings. The van der Waals surface area contributed by atoms with Gasteiger partial charge in [0, 0.05) is 11.1 Å². The summed E-state index contributed by atoms with van der Waals surface area (Å²) < 4.78 is 1.68. The van der Waals surface area contributed by atoms with Gasteiger partial charge < -0.3 is 5.32 Å². The lowest BCUT2D eigenvalue weighted by atomic mass is 10.1. The van der Waals surface area contributed by atoms with E-state index in [2.05, 4.69) is 39.7 Å². The van der Waals surface area contributed by atoms with Gasteiger partial charge in [0.15, 0.2) is 11.5 Å². The minimum Gasteiger partial charge on any atom is -0.345 e. The van der Waals surface area contributed by atoms with E-state index in [4.69, 9.17) is 0 Å². The van der Waals surface area contributed by atoms with Crippen LogP contribution in [0.3, 0.4) is 0 Å². The van der Waals surface area contributed by atoms with Gasteiger partial charge in [-0.2, -0.15) is 9.61 Å². The maximum atomic E-state index is 12.5. The molecule has 0 bridgehead atoms. The molecule has 2 aromatic heterocycles. The number of nitrogens with one attached hydrogen (secondary N) is 1. The third-order valence-corrected chi connectivity index (χ3v) is 4.71. The summed E-state index contributed by atoms with van der Waals surface area (Å²) in [5, 5.41) is 15.9. The molecule has 0 saturated carbocycles. The molecule has 4 rings (SSSR count). The van der Waals surface area contributed by atoms with Gasteiger partial charge in [-0.25, -0.2) is 0 Å². The summed E-state index contributed by atoms with van der Waals surface area (Å²) in [4.78, 5) is 12.5. The average Bonchev–Trinajstić information content (AvgIpc) is 3.09. The molecule has 28 heavy (non-hydrogen) atoms. The third-order valence-electron chi connectivity index (χ3n) is 4.71. The Morgan fingerprint density at radius 2 is 1.68 bits per heavy atom. The van der Waals surface area contributed by atoms with E-state index in [1.807, 2.05) is 56.3 Å². The van der Waals surface area contributed by atoms with E-state index >= 15 is 0 Å². The maximum absolute atomic E-state index is 12.5. The fourth-order valence-electron chi connectivity index (χ4n) is 3.14. The molecule has 0 aliphatic rings. The van der Waals surface area contributed by atoms with Crippen LogP contribution >= 0.6 is 0 Å². The lowest BCUT2D eigenvalue weighted by molar-refractivity contribution is 0.0949. The number of hydrogen-bond donors (Lipinski definition) is 1. The van der Waals surface area contributed by atoms with Crippen LogP contribution in [0.25, 0.3) is 16.9 Å². The van der Waals surface area contributed by atoms with Crippen molar-refractivity contribution in [2.24, 2.45) is 0 Å². The minimum atomic E-state index is -0.135. The Balaban J connectivity index is 1.58. The van der Waals surface area contributed by atoms with Crippen LogP contribution < -0.4 is 5.32 Å². The summed E-state index contributed by atoms with van der Waals surface area (Å²) in [5.74, 6) is 0.450. The Bertz CT molecular complexity index is 1160. The van der Waals surface area contributed by atoms with Crippen molar-refractivity contribution >= 4 is 11.6 Å². The molecule has 0 unspecified atom stereocenters. The van der Waals surface area contributed by atoms with Crippen LogP contribution in [0.5, 0.6) is 0 Å². The number of nitrogens with zero attached hydrogens (tertiary/aromatic N) is 4. The first-order chi connectivity index (χ1) is 13.5. The number of fused-ring (bicyclic) bond motifs is 1. The first-order valence-corrected chi connectivity index (χ1v) is 9.15. The number of hydrogen-bond acceptors (Lipinski definition) is 4. The van der Waals surface area contributed by atoms with Gasteiger partial charge in [0.2, 0.25) is 0 Å². The second kappa shape index (κ2) is 7.23. The van der Waals surface area contributed by atoms with Gasteiger partial charge in [0.05, 0.1) is 12.2 Å². The molecule has 0 aliphatic heterocycles. The van der Waals surface area contributed by atoms with Crippen LogP contribution in [0.4, 0.5) is 0 Å². The lowest BCUT2D eigenvalue weighted by Gasteiger charge is -2.08. The van der Waals surface area contributed by atoms with Crippen LogP contribution in [0.2, 0.25) is 0 Å². The summed E-state index contributed by atoms with van der Waals surface area (Å²) in [6, 6.07) is 17.8. The molecule has 6 heteroatoms. The first kappa shape index (κ1) is 17.9. The SMILES string of the molecule is Cc1ccc(-c2ccc3nnc(CNC(=O)c4ccc(C)cc4C)n3n2)cc1. The predicted molar refractivity (Wildman–Crippen MR) is 108 cm³/mol. The van der Waals surface area contributed by atoms with E-state index in [0.29, 0.717) is 17.0 Å². The summed E-state index contributed by atoms with van der Waals surface area (Å²) in [6.45, 7) is 6.24. The molecular weight excluding hydrogens is 350 g/mol. The highest BCUT2D eigenvalue weighted by molar-refractivity contribution is 5.95. The van der Waals surface area contributed by atoms with Crippen molar-refractivity contribution in [3.63, 3.8) is 0 Å². The maximum Gasteiger partial charge on any atom is 0.251 e. The topological polar surface area (TPSA) is 72.2 Å². The highest BCUT2D eigenvalue weighted by Gasteiger charge is 2.12. The number of amides is 1. The lowest BCUT2D eigenvalue weighted by Crippen LogP contribution is -2.25. The smallest absolute Gasteiger partial charge is 0.251 e.